The highest BCUT2D eigenvalue weighted by atomic mass is 16.5. The molecule has 0 aliphatic carbocycles. The van der Waals surface area contributed by atoms with Gasteiger partial charge < -0.3 is 15.5 Å². The van der Waals surface area contributed by atoms with Gasteiger partial charge in [-0.3, -0.25) is 0 Å². The van der Waals surface area contributed by atoms with Gasteiger partial charge in [-0.1, -0.05) is 13.3 Å². The van der Waals surface area contributed by atoms with Gasteiger partial charge >= 0.3 is 0 Å². The summed E-state index contributed by atoms with van der Waals surface area (Å²) in [7, 11) is 1.61. The first kappa shape index (κ1) is 13.7. The first-order valence-electron chi connectivity index (χ1n) is 5.79. The predicted octanol–water partition coefficient (Wildman–Crippen LogP) is 1.51. The second-order valence-corrected chi connectivity index (χ2v) is 3.97. The topological polar surface area (TPSA) is 85.1 Å². The fourth-order valence-corrected chi connectivity index (χ4v) is 1.60. The van der Waals surface area contributed by atoms with Crippen molar-refractivity contribution in [3.8, 4) is 0 Å². The van der Waals surface area contributed by atoms with E-state index in [1.165, 1.54) is 0 Å². The molecule has 1 aromatic heterocycles. The first-order chi connectivity index (χ1) is 8.19. The number of aromatic nitrogens is 2. The van der Waals surface area contributed by atoms with E-state index >= 15 is 0 Å². The van der Waals surface area contributed by atoms with Crippen LogP contribution in [0, 0.1) is 0 Å². The zero-order valence-electron chi connectivity index (χ0n) is 10.7. The molecule has 4 N–H and O–H groups in total. The van der Waals surface area contributed by atoms with E-state index in [2.05, 4.69) is 34.6 Å². The lowest BCUT2D eigenvalue weighted by atomic mass is 10.2. The SMILES string of the molecule is CCCC(C)Nc1cc(NN)nc(COC)n1. The Hall–Kier alpha value is -1.40. The number of nitrogens with two attached hydrogens (primary N) is 1. The van der Waals surface area contributed by atoms with Crippen molar-refractivity contribution in [2.45, 2.75) is 39.3 Å². The molecule has 0 fully saturated rings. The van der Waals surface area contributed by atoms with E-state index in [1.807, 2.05) is 0 Å². The minimum absolute atomic E-state index is 0.367. The molecular weight excluding hydrogens is 218 g/mol. The van der Waals surface area contributed by atoms with Gasteiger partial charge in [0.15, 0.2) is 5.82 Å². The van der Waals surface area contributed by atoms with Crippen LogP contribution in [0.25, 0.3) is 0 Å². The van der Waals surface area contributed by atoms with Crippen molar-refractivity contribution in [1.29, 1.82) is 0 Å². The second-order valence-electron chi connectivity index (χ2n) is 3.97. The van der Waals surface area contributed by atoms with Crippen molar-refractivity contribution in [2.75, 3.05) is 17.9 Å². The summed E-state index contributed by atoms with van der Waals surface area (Å²) in [6.45, 7) is 4.64. The van der Waals surface area contributed by atoms with E-state index in [0.29, 0.717) is 24.3 Å². The van der Waals surface area contributed by atoms with Gasteiger partial charge in [0, 0.05) is 19.2 Å². The third-order valence-corrected chi connectivity index (χ3v) is 2.31. The summed E-state index contributed by atoms with van der Waals surface area (Å²) >= 11 is 0. The summed E-state index contributed by atoms with van der Waals surface area (Å²) in [6, 6.07) is 2.15. The van der Waals surface area contributed by atoms with Crippen LogP contribution in [0.3, 0.4) is 0 Å². The summed E-state index contributed by atoms with van der Waals surface area (Å²) in [5, 5.41) is 3.31. The fraction of sp³-hybridized carbons (Fsp3) is 0.636. The summed E-state index contributed by atoms with van der Waals surface area (Å²) in [4.78, 5) is 8.53. The Kier molecular flexibility index (Phi) is 5.65. The molecule has 6 nitrogen and oxygen atoms in total. The summed E-state index contributed by atoms with van der Waals surface area (Å²) < 4.78 is 5.01. The number of hydrazine groups is 1. The average molecular weight is 239 g/mol. The third-order valence-electron chi connectivity index (χ3n) is 2.31. The van der Waals surface area contributed by atoms with Gasteiger partial charge in [-0.25, -0.2) is 15.8 Å². The highest BCUT2D eigenvalue weighted by Crippen LogP contribution is 2.13. The number of rotatable bonds is 7. The average Bonchev–Trinajstić information content (AvgIpc) is 2.29. The van der Waals surface area contributed by atoms with Crippen LogP contribution in [0.15, 0.2) is 6.07 Å². The van der Waals surface area contributed by atoms with Crippen LogP contribution < -0.4 is 16.6 Å². The normalized spacial score (nSPS) is 12.2. The molecular formula is C11H21N5O. The van der Waals surface area contributed by atoms with E-state index in [4.69, 9.17) is 10.6 Å². The molecule has 17 heavy (non-hydrogen) atoms. The molecule has 0 bridgehead atoms. The molecule has 0 radical (unpaired) electrons. The van der Waals surface area contributed by atoms with Gasteiger partial charge in [-0.05, 0) is 13.3 Å². The monoisotopic (exact) mass is 239 g/mol. The molecule has 6 heteroatoms. The second kappa shape index (κ2) is 7.03. The lowest BCUT2D eigenvalue weighted by Gasteiger charge is -2.14. The Morgan fingerprint density at radius 2 is 2.12 bits per heavy atom. The highest BCUT2D eigenvalue weighted by molar-refractivity contribution is 5.47. The molecule has 0 spiro atoms. The Morgan fingerprint density at radius 1 is 1.41 bits per heavy atom. The molecule has 1 rings (SSSR count). The maximum atomic E-state index is 5.36. The number of nitrogen functional groups attached to an aromatic ring is 1. The van der Waals surface area contributed by atoms with Crippen LogP contribution in [-0.2, 0) is 11.3 Å². The maximum Gasteiger partial charge on any atom is 0.158 e. The smallest absolute Gasteiger partial charge is 0.158 e. The van der Waals surface area contributed by atoms with Crippen molar-refractivity contribution in [1.82, 2.24) is 9.97 Å². The Bertz CT molecular complexity index is 345. The molecule has 96 valence electrons. The summed E-state index contributed by atoms with van der Waals surface area (Å²) in [6.07, 6.45) is 2.22. The van der Waals surface area contributed by atoms with E-state index in [-0.39, 0.29) is 0 Å². The third kappa shape index (κ3) is 4.54. The fourth-order valence-electron chi connectivity index (χ4n) is 1.60. The van der Waals surface area contributed by atoms with Crippen LogP contribution in [0.1, 0.15) is 32.5 Å². The van der Waals surface area contributed by atoms with Gasteiger partial charge in [-0.2, -0.15) is 0 Å². The van der Waals surface area contributed by atoms with Gasteiger partial charge in [0.05, 0.1) is 0 Å². The Morgan fingerprint density at radius 3 is 2.71 bits per heavy atom. The lowest BCUT2D eigenvalue weighted by Crippen LogP contribution is -2.18. The standard InChI is InChI=1S/C11H21N5O/c1-4-5-8(2)13-9-6-10(16-12)15-11(14-9)7-17-3/h6,8H,4-5,7,12H2,1-3H3,(H2,13,14,15,16). The largest absolute Gasteiger partial charge is 0.377 e. The molecule has 0 amide bonds. The molecule has 1 heterocycles. The zero-order valence-corrected chi connectivity index (χ0v) is 10.7. The Balaban J connectivity index is 2.79. The van der Waals surface area contributed by atoms with Crippen molar-refractivity contribution in [2.24, 2.45) is 5.84 Å². The van der Waals surface area contributed by atoms with Crippen LogP contribution in [0.5, 0.6) is 0 Å². The Labute approximate surface area is 102 Å². The van der Waals surface area contributed by atoms with Gasteiger partial charge in [-0.15, -0.1) is 0 Å². The summed E-state index contributed by atoms with van der Waals surface area (Å²) in [5.41, 5.74) is 2.52. The predicted molar refractivity (Wildman–Crippen MR) is 68.5 cm³/mol. The quantitative estimate of drug-likeness (QED) is 0.494. The number of ether oxygens (including phenoxy) is 1. The van der Waals surface area contributed by atoms with Gasteiger partial charge in [0.1, 0.15) is 18.2 Å². The van der Waals surface area contributed by atoms with E-state index in [9.17, 15) is 0 Å². The zero-order chi connectivity index (χ0) is 12.7. The van der Waals surface area contributed by atoms with Gasteiger partial charge in [0.2, 0.25) is 0 Å². The number of nitrogens with one attached hydrogen (secondary N) is 2. The van der Waals surface area contributed by atoms with E-state index in [1.54, 1.807) is 13.2 Å². The van der Waals surface area contributed by atoms with Crippen molar-refractivity contribution >= 4 is 11.6 Å². The minimum Gasteiger partial charge on any atom is -0.377 e. The number of anilines is 2. The van der Waals surface area contributed by atoms with Crippen LogP contribution in [-0.4, -0.2) is 23.1 Å². The maximum absolute atomic E-state index is 5.36. The van der Waals surface area contributed by atoms with E-state index < -0.39 is 0 Å². The van der Waals surface area contributed by atoms with Crippen LogP contribution in [0.2, 0.25) is 0 Å². The number of nitrogens with zero attached hydrogens (tertiary/aromatic N) is 2. The minimum atomic E-state index is 0.367. The van der Waals surface area contributed by atoms with Crippen molar-refractivity contribution < 1.29 is 4.74 Å². The first-order valence-corrected chi connectivity index (χ1v) is 5.79. The lowest BCUT2D eigenvalue weighted by molar-refractivity contribution is 0.178. The van der Waals surface area contributed by atoms with Crippen molar-refractivity contribution in [3.05, 3.63) is 11.9 Å². The molecule has 0 aliphatic rings. The molecule has 1 unspecified atom stereocenters. The molecule has 0 aromatic carbocycles. The van der Waals surface area contributed by atoms with Crippen molar-refractivity contribution in [3.63, 3.8) is 0 Å². The van der Waals surface area contributed by atoms with E-state index in [0.717, 1.165) is 18.7 Å². The number of hydrogen-bond donors (Lipinski definition) is 3. The van der Waals surface area contributed by atoms with Gasteiger partial charge in [0.25, 0.3) is 0 Å². The molecule has 0 aliphatic heterocycles. The summed E-state index contributed by atoms with van der Waals surface area (Å²) in [5.74, 6) is 7.32. The van der Waals surface area contributed by atoms with Crippen LogP contribution >= 0.6 is 0 Å². The number of methoxy groups -OCH3 is 1. The molecule has 0 saturated heterocycles. The number of hydrogen-bond acceptors (Lipinski definition) is 6. The molecule has 1 atom stereocenters. The molecule has 1 aromatic rings. The molecule has 0 saturated carbocycles. The highest BCUT2D eigenvalue weighted by Gasteiger charge is 2.06. The van der Waals surface area contributed by atoms with Crippen LogP contribution in [0.4, 0.5) is 11.6 Å².